The number of halogens is 1. The zero-order valence-corrected chi connectivity index (χ0v) is 21.7. The van der Waals surface area contributed by atoms with Crippen LogP contribution in [0.2, 0.25) is 5.02 Å². The SMILES string of the molecule is CCO[C@@H](C)[C@@H](C)Oc1nc2nc(-c3ccc(C4CCC(S(C)(=N)=O)CC4)cc3)c(Cl)cc2[nH]1. The van der Waals surface area contributed by atoms with Crippen molar-refractivity contribution in [2.75, 3.05) is 12.9 Å². The third-order valence-corrected chi connectivity index (χ3v) is 8.79. The molecule has 34 heavy (non-hydrogen) atoms. The van der Waals surface area contributed by atoms with Gasteiger partial charge in [0, 0.05) is 33.4 Å². The number of nitrogens with zero attached hydrogens (tertiary/aromatic N) is 2. The number of benzene rings is 1. The normalized spacial score (nSPS) is 22.3. The molecule has 9 heteroatoms. The highest BCUT2D eigenvalue weighted by Gasteiger charge is 2.26. The second kappa shape index (κ2) is 10.2. The maximum atomic E-state index is 12.0. The summed E-state index contributed by atoms with van der Waals surface area (Å²) in [6.45, 7) is 6.50. The summed E-state index contributed by atoms with van der Waals surface area (Å²) in [6, 6.07) is 10.6. The van der Waals surface area contributed by atoms with Crippen LogP contribution in [0.15, 0.2) is 30.3 Å². The Labute approximate surface area is 206 Å². The summed E-state index contributed by atoms with van der Waals surface area (Å²) >= 11 is 6.58. The average molecular weight is 505 g/mol. The maximum absolute atomic E-state index is 12.0. The number of imidazole rings is 1. The van der Waals surface area contributed by atoms with Crippen LogP contribution in [0.3, 0.4) is 0 Å². The first kappa shape index (κ1) is 24.9. The summed E-state index contributed by atoms with van der Waals surface area (Å²) in [5, 5.41) is 0.561. The monoisotopic (exact) mass is 504 g/mol. The molecule has 0 bridgehead atoms. The topological polar surface area (TPSA) is 101 Å². The molecular formula is C25H33ClN4O3S. The van der Waals surface area contributed by atoms with Gasteiger partial charge in [0.2, 0.25) is 0 Å². The molecule has 3 atom stereocenters. The second-order valence-corrected chi connectivity index (χ2v) is 12.1. The molecule has 0 aliphatic heterocycles. The van der Waals surface area contributed by atoms with Gasteiger partial charge in [0.1, 0.15) is 6.10 Å². The Bertz CT molecular complexity index is 1240. The molecule has 1 aliphatic rings. The summed E-state index contributed by atoms with van der Waals surface area (Å²) in [4.78, 5) is 12.3. The fourth-order valence-corrected chi connectivity index (χ4v) is 6.02. The number of nitrogens with one attached hydrogen (secondary N) is 2. The molecule has 0 spiro atoms. The largest absolute Gasteiger partial charge is 0.459 e. The number of aromatic amines is 1. The molecule has 1 unspecified atom stereocenters. The van der Waals surface area contributed by atoms with Gasteiger partial charge in [-0.1, -0.05) is 35.9 Å². The van der Waals surface area contributed by atoms with Crippen molar-refractivity contribution in [3.63, 3.8) is 0 Å². The molecule has 184 valence electrons. The first-order valence-electron chi connectivity index (χ1n) is 11.8. The lowest BCUT2D eigenvalue weighted by Crippen LogP contribution is -2.29. The molecule has 3 aromatic rings. The van der Waals surface area contributed by atoms with Gasteiger partial charge in [-0.25, -0.2) is 9.19 Å². The minimum atomic E-state index is -2.46. The van der Waals surface area contributed by atoms with Crippen LogP contribution in [0.1, 0.15) is 57.9 Å². The third-order valence-electron chi connectivity index (χ3n) is 6.76. The number of pyridine rings is 1. The number of hydrogen-bond acceptors (Lipinski definition) is 6. The van der Waals surface area contributed by atoms with Crippen LogP contribution in [0.25, 0.3) is 22.4 Å². The van der Waals surface area contributed by atoms with Crippen LogP contribution in [0.4, 0.5) is 0 Å². The van der Waals surface area contributed by atoms with Crippen molar-refractivity contribution < 1.29 is 13.7 Å². The predicted octanol–water partition coefficient (Wildman–Crippen LogP) is 6.17. The summed E-state index contributed by atoms with van der Waals surface area (Å²) < 4.78 is 31.4. The van der Waals surface area contributed by atoms with E-state index in [0.717, 1.165) is 36.8 Å². The van der Waals surface area contributed by atoms with Gasteiger partial charge >= 0.3 is 0 Å². The number of hydrogen-bond donors (Lipinski definition) is 2. The van der Waals surface area contributed by atoms with Gasteiger partial charge < -0.3 is 14.5 Å². The molecule has 7 nitrogen and oxygen atoms in total. The van der Waals surface area contributed by atoms with Crippen LogP contribution < -0.4 is 4.74 Å². The molecule has 1 fully saturated rings. The summed E-state index contributed by atoms with van der Waals surface area (Å²) in [7, 11) is -2.46. The summed E-state index contributed by atoms with van der Waals surface area (Å²) in [5.41, 5.74) is 4.13. The minimum absolute atomic E-state index is 0.0193. The molecule has 1 aromatic carbocycles. The average Bonchev–Trinajstić information content (AvgIpc) is 3.19. The van der Waals surface area contributed by atoms with Gasteiger partial charge in [-0.2, -0.15) is 4.98 Å². The Balaban J connectivity index is 1.49. The van der Waals surface area contributed by atoms with Gasteiger partial charge in [0.15, 0.2) is 5.65 Å². The lowest BCUT2D eigenvalue weighted by molar-refractivity contribution is -0.00421. The highest BCUT2D eigenvalue weighted by atomic mass is 35.5. The number of ether oxygens (including phenoxy) is 2. The third kappa shape index (κ3) is 5.56. The molecule has 2 heterocycles. The maximum Gasteiger partial charge on any atom is 0.296 e. The zero-order valence-electron chi connectivity index (χ0n) is 20.1. The number of aromatic nitrogens is 3. The first-order chi connectivity index (χ1) is 16.2. The molecule has 0 saturated heterocycles. The van der Waals surface area contributed by atoms with E-state index >= 15 is 0 Å². The predicted molar refractivity (Wildman–Crippen MR) is 137 cm³/mol. The molecule has 1 aliphatic carbocycles. The Morgan fingerprint density at radius 2 is 1.82 bits per heavy atom. The van der Waals surface area contributed by atoms with Gasteiger partial charge in [-0.3, -0.25) is 4.78 Å². The summed E-state index contributed by atoms with van der Waals surface area (Å²) in [6.07, 6.45) is 4.97. The fraction of sp³-hybridized carbons (Fsp3) is 0.520. The zero-order chi connectivity index (χ0) is 24.5. The van der Waals surface area contributed by atoms with E-state index in [0.29, 0.717) is 34.9 Å². The van der Waals surface area contributed by atoms with Crippen LogP contribution in [-0.2, 0) is 14.5 Å². The van der Waals surface area contributed by atoms with E-state index in [2.05, 4.69) is 22.1 Å². The van der Waals surface area contributed by atoms with Crippen LogP contribution in [0.5, 0.6) is 6.01 Å². The van der Waals surface area contributed by atoms with Crippen molar-refractivity contribution in [2.45, 2.75) is 69.8 Å². The van der Waals surface area contributed by atoms with Crippen molar-refractivity contribution in [1.82, 2.24) is 15.0 Å². The van der Waals surface area contributed by atoms with Gasteiger partial charge in [0.25, 0.3) is 6.01 Å². The van der Waals surface area contributed by atoms with E-state index in [1.165, 1.54) is 5.56 Å². The summed E-state index contributed by atoms with van der Waals surface area (Å²) in [5.74, 6) is 0.435. The molecular weight excluding hydrogens is 472 g/mol. The number of rotatable bonds is 8. The van der Waals surface area contributed by atoms with E-state index in [-0.39, 0.29) is 17.5 Å². The van der Waals surface area contributed by atoms with Crippen molar-refractivity contribution >= 4 is 32.5 Å². The van der Waals surface area contributed by atoms with E-state index in [4.69, 9.17) is 30.8 Å². The van der Waals surface area contributed by atoms with Crippen LogP contribution in [-0.4, -0.2) is 49.5 Å². The van der Waals surface area contributed by atoms with Gasteiger partial charge in [-0.05, 0) is 64.0 Å². The van der Waals surface area contributed by atoms with Crippen molar-refractivity contribution in [1.29, 1.82) is 4.78 Å². The quantitative estimate of drug-likeness (QED) is 0.381. The Morgan fingerprint density at radius 1 is 1.15 bits per heavy atom. The van der Waals surface area contributed by atoms with Crippen molar-refractivity contribution in [3.05, 3.63) is 40.9 Å². The molecule has 0 amide bonds. The van der Waals surface area contributed by atoms with Crippen LogP contribution in [0, 0.1) is 4.78 Å². The molecule has 2 aromatic heterocycles. The highest BCUT2D eigenvalue weighted by Crippen LogP contribution is 2.37. The number of fused-ring (bicyclic) bond motifs is 1. The molecule has 1 saturated carbocycles. The Morgan fingerprint density at radius 3 is 2.44 bits per heavy atom. The van der Waals surface area contributed by atoms with Gasteiger partial charge in [-0.15, -0.1) is 0 Å². The lowest BCUT2D eigenvalue weighted by Gasteiger charge is -2.28. The van der Waals surface area contributed by atoms with Gasteiger partial charge in [0.05, 0.1) is 22.3 Å². The highest BCUT2D eigenvalue weighted by molar-refractivity contribution is 7.92. The molecule has 2 N–H and O–H groups in total. The van der Waals surface area contributed by atoms with Crippen molar-refractivity contribution in [3.8, 4) is 17.3 Å². The smallest absolute Gasteiger partial charge is 0.296 e. The second-order valence-electron chi connectivity index (χ2n) is 9.21. The van der Waals surface area contributed by atoms with E-state index in [1.807, 2.05) is 39.0 Å². The van der Waals surface area contributed by atoms with Crippen LogP contribution >= 0.6 is 11.6 Å². The lowest BCUT2D eigenvalue weighted by atomic mass is 9.83. The van der Waals surface area contributed by atoms with Crippen molar-refractivity contribution in [2.24, 2.45) is 0 Å². The Kier molecular flexibility index (Phi) is 7.50. The minimum Gasteiger partial charge on any atom is -0.459 e. The Hall–Kier alpha value is -2.16. The fourth-order valence-electron chi connectivity index (χ4n) is 4.58. The first-order valence-corrected chi connectivity index (χ1v) is 14.2. The number of H-pyrrole nitrogens is 1. The van der Waals surface area contributed by atoms with E-state index in [9.17, 15) is 4.21 Å². The molecule has 0 radical (unpaired) electrons. The van der Waals surface area contributed by atoms with E-state index in [1.54, 1.807) is 6.26 Å². The van der Waals surface area contributed by atoms with E-state index < -0.39 is 9.73 Å². The standard InChI is InChI=1S/C25H33ClN4O3S/c1-5-32-15(2)16(3)33-25-28-22-14-21(26)23(29-24(22)30-25)19-8-6-17(7-9-19)18-10-12-20(13-11-18)34(4,27)31/h6-9,14-16,18,20,27H,5,10-13H2,1-4H3,(H,28,29,30)/t15-,16+,18?,20?,34?/m0/s1. The molecule has 4 rings (SSSR count).